The lowest BCUT2D eigenvalue weighted by atomic mass is 10.1. The number of carbonyl (C=O) groups excluding carboxylic acids is 2. The lowest BCUT2D eigenvalue weighted by molar-refractivity contribution is -0.123. The number of amides is 2. The van der Waals surface area contributed by atoms with E-state index in [-0.39, 0.29) is 18.4 Å². The van der Waals surface area contributed by atoms with Crippen molar-refractivity contribution >= 4 is 11.8 Å². The summed E-state index contributed by atoms with van der Waals surface area (Å²) in [5, 5.41) is 5.62. The molecule has 2 amide bonds. The Balaban J connectivity index is 1.78. The Labute approximate surface area is 160 Å². The summed E-state index contributed by atoms with van der Waals surface area (Å²) in [4.78, 5) is 23.9. The van der Waals surface area contributed by atoms with Crippen LogP contribution in [0.2, 0.25) is 0 Å². The molecule has 0 aliphatic rings. The van der Waals surface area contributed by atoms with Crippen LogP contribution in [0.15, 0.2) is 42.5 Å². The highest BCUT2D eigenvalue weighted by Crippen LogP contribution is 2.20. The number of hydrogen-bond donors (Lipinski definition) is 3. The molecule has 0 fully saturated rings. The first-order chi connectivity index (χ1) is 13.0. The predicted molar refractivity (Wildman–Crippen MR) is 106 cm³/mol. The van der Waals surface area contributed by atoms with Gasteiger partial charge in [0.15, 0.2) is 6.61 Å². The normalized spacial score (nSPS) is 10.3. The molecule has 27 heavy (non-hydrogen) atoms. The summed E-state index contributed by atoms with van der Waals surface area (Å²) in [5.74, 6) is 0.399. The predicted octanol–water partition coefficient (Wildman–Crippen LogP) is 2.08. The summed E-state index contributed by atoms with van der Waals surface area (Å²) < 4.78 is 5.59. The molecule has 0 bridgehead atoms. The van der Waals surface area contributed by atoms with Gasteiger partial charge in [0.2, 0.25) is 0 Å². The van der Waals surface area contributed by atoms with E-state index in [0.717, 1.165) is 28.9 Å². The fraction of sp³-hybridized carbons (Fsp3) is 0.333. The van der Waals surface area contributed by atoms with Crippen molar-refractivity contribution < 1.29 is 14.3 Å². The van der Waals surface area contributed by atoms with Crippen LogP contribution < -0.4 is 21.1 Å². The van der Waals surface area contributed by atoms with Crippen molar-refractivity contribution in [3.63, 3.8) is 0 Å². The maximum atomic E-state index is 12.0. The molecule has 0 heterocycles. The Morgan fingerprint density at radius 3 is 2.48 bits per heavy atom. The molecule has 6 heteroatoms. The van der Waals surface area contributed by atoms with Gasteiger partial charge in [-0.05, 0) is 61.7 Å². The van der Waals surface area contributed by atoms with E-state index >= 15 is 0 Å². The first kappa shape index (κ1) is 20.5. The van der Waals surface area contributed by atoms with E-state index < -0.39 is 0 Å². The number of nitrogens with one attached hydrogen (secondary N) is 2. The lowest BCUT2D eigenvalue weighted by Crippen LogP contribution is -2.28. The van der Waals surface area contributed by atoms with E-state index in [1.54, 1.807) is 12.1 Å². The maximum Gasteiger partial charge on any atom is 0.258 e. The molecule has 0 unspecified atom stereocenters. The van der Waals surface area contributed by atoms with Crippen LogP contribution >= 0.6 is 0 Å². The second-order valence-corrected chi connectivity index (χ2v) is 6.36. The molecule has 0 aliphatic heterocycles. The monoisotopic (exact) mass is 369 g/mol. The fourth-order valence-electron chi connectivity index (χ4n) is 2.46. The van der Waals surface area contributed by atoms with Gasteiger partial charge in [-0.3, -0.25) is 9.59 Å². The molecule has 2 aromatic carbocycles. The Hall–Kier alpha value is -2.86. The third-order valence-corrected chi connectivity index (χ3v) is 4.29. The Bertz CT molecular complexity index is 773. The van der Waals surface area contributed by atoms with E-state index in [4.69, 9.17) is 10.5 Å². The third-order valence-electron chi connectivity index (χ3n) is 4.29. The zero-order valence-electron chi connectivity index (χ0n) is 15.9. The quantitative estimate of drug-likeness (QED) is 0.590. The number of benzene rings is 2. The van der Waals surface area contributed by atoms with Gasteiger partial charge in [0, 0.05) is 18.7 Å². The molecule has 0 saturated carbocycles. The van der Waals surface area contributed by atoms with Crippen molar-refractivity contribution in [1.82, 2.24) is 10.6 Å². The molecular weight excluding hydrogens is 342 g/mol. The fourth-order valence-corrected chi connectivity index (χ4v) is 2.46. The first-order valence-corrected chi connectivity index (χ1v) is 9.04. The molecule has 2 aromatic rings. The molecule has 4 N–H and O–H groups in total. The molecular formula is C21H27N3O3. The topological polar surface area (TPSA) is 93.4 Å². The summed E-state index contributed by atoms with van der Waals surface area (Å²) >= 11 is 0. The van der Waals surface area contributed by atoms with Crippen LogP contribution in [-0.2, 0) is 11.3 Å². The summed E-state index contributed by atoms with van der Waals surface area (Å²) in [6, 6.07) is 12.9. The van der Waals surface area contributed by atoms with Crippen molar-refractivity contribution in [2.75, 3.05) is 19.7 Å². The molecule has 0 aliphatic carbocycles. The third kappa shape index (κ3) is 6.42. The van der Waals surface area contributed by atoms with Crippen molar-refractivity contribution in [2.24, 2.45) is 5.73 Å². The minimum absolute atomic E-state index is 0.0358. The van der Waals surface area contributed by atoms with E-state index in [1.165, 1.54) is 0 Å². The molecule has 0 saturated heterocycles. The molecule has 0 aromatic heterocycles. The summed E-state index contributed by atoms with van der Waals surface area (Å²) in [6.45, 7) is 5.43. The zero-order valence-corrected chi connectivity index (χ0v) is 15.9. The molecule has 144 valence electrons. The van der Waals surface area contributed by atoms with Crippen molar-refractivity contribution in [3.05, 3.63) is 64.7 Å². The maximum absolute atomic E-state index is 12.0. The molecule has 0 radical (unpaired) electrons. The van der Waals surface area contributed by atoms with Crippen LogP contribution in [0, 0.1) is 13.8 Å². The van der Waals surface area contributed by atoms with Gasteiger partial charge in [-0.25, -0.2) is 0 Å². The van der Waals surface area contributed by atoms with Crippen LogP contribution in [0.4, 0.5) is 0 Å². The van der Waals surface area contributed by atoms with Crippen LogP contribution in [0.3, 0.4) is 0 Å². The first-order valence-electron chi connectivity index (χ1n) is 9.04. The Morgan fingerprint density at radius 2 is 1.78 bits per heavy atom. The average molecular weight is 369 g/mol. The Morgan fingerprint density at radius 1 is 1.04 bits per heavy atom. The van der Waals surface area contributed by atoms with Crippen LogP contribution in [0.1, 0.15) is 33.5 Å². The van der Waals surface area contributed by atoms with E-state index in [2.05, 4.69) is 10.6 Å². The van der Waals surface area contributed by atoms with Gasteiger partial charge < -0.3 is 21.1 Å². The van der Waals surface area contributed by atoms with Gasteiger partial charge in [-0.2, -0.15) is 0 Å². The van der Waals surface area contributed by atoms with E-state index in [9.17, 15) is 9.59 Å². The zero-order chi connectivity index (χ0) is 19.6. The van der Waals surface area contributed by atoms with Gasteiger partial charge in [-0.15, -0.1) is 0 Å². The molecule has 0 atom stereocenters. The van der Waals surface area contributed by atoms with E-state index in [0.29, 0.717) is 25.2 Å². The number of nitrogens with two attached hydrogens (primary N) is 1. The minimum atomic E-state index is -0.195. The van der Waals surface area contributed by atoms with Gasteiger partial charge in [-0.1, -0.05) is 24.3 Å². The Kier molecular flexibility index (Phi) is 7.82. The highest BCUT2D eigenvalue weighted by atomic mass is 16.5. The van der Waals surface area contributed by atoms with Crippen LogP contribution in [0.25, 0.3) is 0 Å². The second kappa shape index (κ2) is 10.3. The minimum Gasteiger partial charge on any atom is -0.483 e. The number of carbonyl (C=O) groups is 2. The summed E-state index contributed by atoms with van der Waals surface area (Å²) in [6.07, 6.45) is 0.750. The lowest BCUT2D eigenvalue weighted by Gasteiger charge is -2.11. The van der Waals surface area contributed by atoms with Gasteiger partial charge >= 0.3 is 0 Å². The molecule has 0 spiro atoms. The second-order valence-electron chi connectivity index (χ2n) is 6.36. The number of ether oxygens (including phenoxy) is 1. The molecule has 6 nitrogen and oxygen atoms in total. The van der Waals surface area contributed by atoms with Gasteiger partial charge in [0.25, 0.3) is 11.8 Å². The molecule has 2 rings (SSSR count). The van der Waals surface area contributed by atoms with Gasteiger partial charge in [0.05, 0.1) is 0 Å². The van der Waals surface area contributed by atoms with Crippen molar-refractivity contribution in [1.29, 1.82) is 0 Å². The highest BCUT2D eigenvalue weighted by molar-refractivity contribution is 5.94. The largest absolute Gasteiger partial charge is 0.483 e. The van der Waals surface area contributed by atoms with Crippen molar-refractivity contribution in [2.45, 2.75) is 26.8 Å². The average Bonchev–Trinajstić information content (AvgIpc) is 2.68. The highest BCUT2D eigenvalue weighted by Gasteiger charge is 2.07. The summed E-state index contributed by atoms with van der Waals surface area (Å²) in [5.41, 5.74) is 9.06. The van der Waals surface area contributed by atoms with Gasteiger partial charge in [0.1, 0.15) is 5.75 Å². The van der Waals surface area contributed by atoms with Crippen LogP contribution in [0.5, 0.6) is 5.75 Å². The number of aryl methyl sites for hydroxylation is 1. The standard InChI is InChI=1S/C21H27N3O3/c1-15-5-3-6-19(16(15)2)27-14-20(25)24-13-17-7-9-18(10-8-17)21(26)23-12-4-11-22/h3,5-10H,4,11-14,22H2,1-2H3,(H,23,26)(H,24,25). The smallest absolute Gasteiger partial charge is 0.258 e. The SMILES string of the molecule is Cc1cccc(OCC(=O)NCc2ccc(C(=O)NCCCN)cc2)c1C. The van der Waals surface area contributed by atoms with E-state index in [1.807, 2.05) is 44.2 Å². The van der Waals surface area contributed by atoms with Crippen molar-refractivity contribution in [3.8, 4) is 5.75 Å². The van der Waals surface area contributed by atoms with Crippen LogP contribution in [-0.4, -0.2) is 31.5 Å². The number of hydrogen-bond acceptors (Lipinski definition) is 4. The number of rotatable bonds is 9. The summed E-state index contributed by atoms with van der Waals surface area (Å²) in [7, 11) is 0.